The van der Waals surface area contributed by atoms with Crippen molar-refractivity contribution >= 4 is 10.0 Å². The van der Waals surface area contributed by atoms with Gasteiger partial charge >= 0.3 is 0 Å². The van der Waals surface area contributed by atoms with Gasteiger partial charge in [0, 0.05) is 18.3 Å². The van der Waals surface area contributed by atoms with E-state index in [1.807, 2.05) is 48.7 Å². The number of rotatable bonds is 9. The van der Waals surface area contributed by atoms with Gasteiger partial charge in [-0.2, -0.15) is 0 Å². The Labute approximate surface area is 182 Å². The van der Waals surface area contributed by atoms with E-state index < -0.39 is 10.0 Å². The molecule has 0 radical (unpaired) electrons. The summed E-state index contributed by atoms with van der Waals surface area (Å²) in [6.45, 7) is 4.44. The number of nitrogens with zero attached hydrogens (tertiary/aromatic N) is 1. The fraction of sp³-hybridized carbons (Fsp3) is 0.261. The smallest absolute Gasteiger partial charge is 0.240 e. The van der Waals surface area contributed by atoms with Crippen molar-refractivity contribution in [2.75, 3.05) is 7.11 Å². The molecule has 164 valence electrons. The summed E-state index contributed by atoms with van der Waals surface area (Å²) < 4.78 is 41.0. The van der Waals surface area contributed by atoms with E-state index in [1.165, 1.54) is 25.3 Å². The van der Waals surface area contributed by atoms with E-state index in [2.05, 4.69) is 4.72 Å². The average molecular weight is 443 g/mol. The Balaban J connectivity index is 1.90. The lowest BCUT2D eigenvalue weighted by Gasteiger charge is -2.19. The van der Waals surface area contributed by atoms with Crippen LogP contribution in [-0.2, 0) is 29.7 Å². The molecule has 0 aliphatic rings. The van der Waals surface area contributed by atoms with Gasteiger partial charge in [-0.15, -0.1) is 0 Å². The molecule has 0 bridgehead atoms. The van der Waals surface area contributed by atoms with Crippen LogP contribution in [0.4, 0.5) is 0 Å². The zero-order chi connectivity index (χ0) is 22.4. The van der Waals surface area contributed by atoms with E-state index >= 15 is 0 Å². The number of aryl methyl sites for hydroxylation is 1. The molecule has 1 N–H and O–H groups in total. The molecule has 0 aliphatic heterocycles. The largest absolute Gasteiger partial charge is 0.497 e. The van der Waals surface area contributed by atoms with Crippen LogP contribution in [0.1, 0.15) is 23.9 Å². The van der Waals surface area contributed by atoms with Crippen molar-refractivity contribution in [3.8, 4) is 11.5 Å². The Morgan fingerprint density at radius 3 is 2.32 bits per heavy atom. The third-order valence-corrected chi connectivity index (χ3v) is 6.34. The Morgan fingerprint density at radius 1 is 1.03 bits per heavy atom. The quantitative estimate of drug-likeness (QED) is 0.550. The molecule has 1 heterocycles. The van der Waals surface area contributed by atoms with Crippen LogP contribution in [0.2, 0.25) is 0 Å². The lowest BCUT2D eigenvalue weighted by Crippen LogP contribution is -2.28. The number of methoxy groups -OCH3 is 1. The Kier molecular flexibility index (Phi) is 7.14. The lowest BCUT2D eigenvalue weighted by atomic mass is 10.2. The normalized spacial score (nSPS) is 11.3. The molecule has 1 aromatic heterocycles. The molecule has 31 heavy (non-hydrogen) atoms. The van der Waals surface area contributed by atoms with E-state index in [9.17, 15) is 13.2 Å². The molecule has 3 aromatic rings. The fourth-order valence-corrected chi connectivity index (χ4v) is 4.30. The first kappa shape index (κ1) is 22.6. The summed E-state index contributed by atoms with van der Waals surface area (Å²) in [6.07, 6.45) is 0. The van der Waals surface area contributed by atoms with Crippen LogP contribution in [0.25, 0.3) is 0 Å². The van der Waals surface area contributed by atoms with E-state index in [0.29, 0.717) is 18.0 Å². The van der Waals surface area contributed by atoms with Gasteiger partial charge in [-0.05, 0) is 43.7 Å². The van der Waals surface area contributed by atoms with Crippen LogP contribution in [0.3, 0.4) is 0 Å². The van der Waals surface area contributed by atoms with Crippen molar-refractivity contribution < 1.29 is 17.9 Å². The van der Waals surface area contributed by atoms with Gasteiger partial charge in [-0.25, -0.2) is 13.1 Å². The van der Waals surface area contributed by atoms with Gasteiger partial charge in [0.05, 0.1) is 24.2 Å². The van der Waals surface area contributed by atoms with Gasteiger partial charge in [0.25, 0.3) is 0 Å². The number of benzene rings is 2. The molecule has 0 amide bonds. The van der Waals surface area contributed by atoms with Crippen molar-refractivity contribution in [2.24, 2.45) is 0 Å². The van der Waals surface area contributed by atoms with Crippen LogP contribution in [0.5, 0.6) is 11.5 Å². The molecule has 0 atom stereocenters. The molecule has 0 saturated carbocycles. The number of nitrogens with one attached hydrogen (secondary N) is 1. The minimum atomic E-state index is -3.79. The standard InChI is InChI=1S/C23H26N2O5S/c1-4-25-17(2)14-22(26)23(30-16-18-8-6-5-7-9-18)21(25)15-24-31(27,28)20-12-10-19(29-3)11-13-20/h5-14,24H,4,15-16H2,1-3H3. The minimum absolute atomic E-state index is 0.0801. The van der Waals surface area contributed by atoms with E-state index in [-0.39, 0.29) is 29.2 Å². The third kappa shape index (κ3) is 5.34. The van der Waals surface area contributed by atoms with E-state index in [0.717, 1.165) is 11.3 Å². The SMILES string of the molecule is CCn1c(C)cc(=O)c(OCc2ccccc2)c1CNS(=O)(=O)c1ccc(OC)cc1. The number of aromatic nitrogens is 1. The Hall–Kier alpha value is -3.10. The second-order valence-corrected chi connectivity index (χ2v) is 8.71. The first-order chi connectivity index (χ1) is 14.9. The van der Waals surface area contributed by atoms with Crippen LogP contribution in [0, 0.1) is 6.92 Å². The molecule has 0 spiro atoms. The summed E-state index contributed by atoms with van der Waals surface area (Å²) in [7, 11) is -2.28. The average Bonchev–Trinajstić information content (AvgIpc) is 2.77. The predicted molar refractivity (Wildman–Crippen MR) is 119 cm³/mol. The van der Waals surface area contributed by atoms with Gasteiger partial charge < -0.3 is 14.0 Å². The Bertz CT molecular complexity index is 1190. The van der Waals surface area contributed by atoms with Crippen molar-refractivity contribution in [1.29, 1.82) is 0 Å². The van der Waals surface area contributed by atoms with Gasteiger partial charge in [-0.1, -0.05) is 30.3 Å². The van der Waals surface area contributed by atoms with Crippen molar-refractivity contribution in [3.05, 3.63) is 87.8 Å². The summed E-state index contributed by atoms with van der Waals surface area (Å²) in [5, 5.41) is 0. The highest BCUT2D eigenvalue weighted by Crippen LogP contribution is 2.20. The molecule has 0 unspecified atom stereocenters. The van der Waals surface area contributed by atoms with Gasteiger partial charge in [-0.3, -0.25) is 4.79 Å². The second kappa shape index (κ2) is 9.80. The molecule has 7 nitrogen and oxygen atoms in total. The summed E-state index contributed by atoms with van der Waals surface area (Å²) in [4.78, 5) is 12.8. The maximum atomic E-state index is 12.8. The molecule has 2 aromatic carbocycles. The topological polar surface area (TPSA) is 86.6 Å². The summed E-state index contributed by atoms with van der Waals surface area (Å²) in [6, 6.07) is 17.1. The van der Waals surface area contributed by atoms with Crippen molar-refractivity contribution in [2.45, 2.75) is 38.4 Å². The van der Waals surface area contributed by atoms with Gasteiger partial charge in [0.2, 0.25) is 15.5 Å². The van der Waals surface area contributed by atoms with Crippen LogP contribution < -0.4 is 19.6 Å². The monoisotopic (exact) mass is 442 g/mol. The minimum Gasteiger partial charge on any atom is -0.497 e. The second-order valence-electron chi connectivity index (χ2n) is 6.94. The summed E-state index contributed by atoms with van der Waals surface area (Å²) in [5.41, 5.74) is 1.85. The van der Waals surface area contributed by atoms with Gasteiger partial charge in [0.1, 0.15) is 12.4 Å². The lowest BCUT2D eigenvalue weighted by molar-refractivity contribution is 0.294. The molecular formula is C23H26N2O5S. The number of ether oxygens (including phenoxy) is 2. The highest BCUT2D eigenvalue weighted by molar-refractivity contribution is 7.89. The first-order valence-electron chi connectivity index (χ1n) is 9.89. The highest BCUT2D eigenvalue weighted by Gasteiger charge is 2.19. The summed E-state index contributed by atoms with van der Waals surface area (Å²) in [5.74, 6) is 0.711. The highest BCUT2D eigenvalue weighted by atomic mass is 32.2. The van der Waals surface area contributed by atoms with Crippen molar-refractivity contribution in [1.82, 2.24) is 9.29 Å². The zero-order valence-electron chi connectivity index (χ0n) is 17.8. The number of hydrogen-bond donors (Lipinski definition) is 1. The van der Waals surface area contributed by atoms with Crippen LogP contribution >= 0.6 is 0 Å². The molecule has 0 saturated heterocycles. The fourth-order valence-electron chi connectivity index (χ4n) is 3.31. The molecule has 8 heteroatoms. The number of pyridine rings is 1. The predicted octanol–water partition coefficient (Wildman–Crippen LogP) is 3.24. The van der Waals surface area contributed by atoms with Crippen LogP contribution in [0.15, 0.2) is 70.4 Å². The Morgan fingerprint density at radius 2 is 1.71 bits per heavy atom. The third-order valence-electron chi connectivity index (χ3n) is 4.92. The number of hydrogen-bond acceptors (Lipinski definition) is 5. The molecule has 3 rings (SSSR count). The first-order valence-corrected chi connectivity index (χ1v) is 11.4. The molecule has 0 aliphatic carbocycles. The zero-order valence-corrected chi connectivity index (χ0v) is 18.6. The summed E-state index contributed by atoms with van der Waals surface area (Å²) >= 11 is 0. The van der Waals surface area contributed by atoms with Crippen LogP contribution in [-0.4, -0.2) is 20.1 Å². The molecule has 0 fully saturated rings. The van der Waals surface area contributed by atoms with E-state index in [1.54, 1.807) is 12.1 Å². The maximum absolute atomic E-state index is 12.8. The molecular weight excluding hydrogens is 416 g/mol. The maximum Gasteiger partial charge on any atom is 0.240 e. The van der Waals surface area contributed by atoms with Crippen molar-refractivity contribution in [3.63, 3.8) is 0 Å². The number of sulfonamides is 1. The van der Waals surface area contributed by atoms with Gasteiger partial charge in [0.15, 0.2) is 5.75 Å². The van der Waals surface area contributed by atoms with E-state index in [4.69, 9.17) is 9.47 Å².